The van der Waals surface area contributed by atoms with Crippen molar-refractivity contribution in [3.8, 4) is 5.75 Å². The summed E-state index contributed by atoms with van der Waals surface area (Å²) in [6.45, 7) is 0. The molecule has 0 spiro atoms. The zero-order valence-corrected chi connectivity index (χ0v) is 9.70. The molecule has 2 rings (SSSR count). The molecule has 1 aromatic carbocycles. The predicted octanol–water partition coefficient (Wildman–Crippen LogP) is 1.61. The number of hydrogen-bond donors (Lipinski definition) is 3. The lowest BCUT2D eigenvalue weighted by atomic mass is 10.2. The summed E-state index contributed by atoms with van der Waals surface area (Å²) in [5.74, 6) is -0.0818. The number of hydrogen-bond acceptors (Lipinski definition) is 5. The number of anilines is 2. The van der Waals surface area contributed by atoms with E-state index in [1.54, 1.807) is 17.5 Å². The van der Waals surface area contributed by atoms with Crippen molar-refractivity contribution in [1.82, 2.24) is 4.98 Å². The number of nitrogens with zero attached hydrogens (tertiary/aromatic N) is 1. The number of rotatable bonds is 3. The number of phenolic OH excluding ortho intramolecular Hbond substituents is 1. The third kappa shape index (κ3) is 3.18. The van der Waals surface area contributed by atoms with E-state index < -0.39 is 0 Å². The van der Waals surface area contributed by atoms with Gasteiger partial charge in [-0.05, 0) is 12.1 Å². The van der Waals surface area contributed by atoms with E-state index >= 15 is 0 Å². The molecule has 0 aliphatic carbocycles. The molecule has 4 N–H and O–H groups in total. The van der Waals surface area contributed by atoms with Gasteiger partial charge in [0.05, 0.1) is 12.1 Å². The number of aromatic hydroxyl groups is 1. The first kappa shape index (κ1) is 11.4. The second-order valence-corrected chi connectivity index (χ2v) is 4.34. The summed E-state index contributed by atoms with van der Waals surface area (Å²) in [7, 11) is 0. The van der Waals surface area contributed by atoms with Crippen LogP contribution in [-0.4, -0.2) is 16.0 Å². The third-order valence-electron chi connectivity index (χ3n) is 2.04. The van der Waals surface area contributed by atoms with Crippen molar-refractivity contribution in [2.45, 2.75) is 6.42 Å². The lowest BCUT2D eigenvalue weighted by Crippen LogP contribution is -2.14. The zero-order chi connectivity index (χ0) is 12.3. The van der Waals surface area contributed by atoms with Gasteiger partial charge in [0.25, 0.3) is 0 Å². The molecule has 17 heavy (non-hydrogen) atoms. The number of carbonyl (C=O) groups excluding carboxylic acids is 1. The second kappa shape index (κ2) is 4.84. The Morgan fingerprint density at radius 3 is 3.00 bits per heavy atom. The van der Waals surface area contributed by atoms with E-state index in [-0.39, 0.29) is 18.1 Å². The number of nitrogens with one attached hydrogen (secondary N) is 1. The van der Waals surface area contributed by atoms with Gasteiger partial charge in [0.2, 0.25) is 5.91 Å². The van der Waals surface area contributed by atoms with Gasteiger partial charge in [-0.2, -0.15) is 0 Å². The summed E-state index contributed by atoms with van der Waals surface area (Å²) >= 11 is 1.30. The van der Waals surface area contributed by atoms with Gasteiger partial charge in [0.15, 0.2) is 5.13 Å². The highest BCUT2D eigenvalue weighted by atomic mass is 32.1. The van der Waals surface area contributed by atoms with E-state index in [1.165, 1.54) is 23.5 Å². The zero-order valence-electron chi connectivity index (χ0n) is 8.88. The van der Waals surface area contributed by atoms with Crippen LogP contribution in [0, 0.1) is 0 Å². The SMILES string of the molecule is Nc1nc(CC(=O)Nc2cccc(O)c2)cs1. The van der Waals surface area contributed by atoms with Crippen LogP contribution in [0.1, 0.15) is 5.69 Å². The number of phenols is 1. The molecule has 0 saturated carbocycles. The highest BCUT2D eigenvalue weighted by molar-refractivity contribution is 7.13. The number of amides is 1. The topological polar surface area (TPSA) is 88.2 Å². The van der Waals surface area contributed by atoms with Crippen molar-refractivity contribution in [2.75, 3.05) is 11.1 Å². The lowest BCUT2D eigenvalue weighted by Gasteiger charge is -2.03. The summed E-state index contributed by atoms with van der Waals surface area (Å²) in [5, 5.41) is 14.1. The fourth-order valence-corrected chi connectivity index (χ4v) is 1.92. The van der Waals surface area contributed by atoms with E-state index in [4.69, 9.17) is 5.73 Å². The van der Waals surface area contributed by atoms with E-state index in [2.05, 4.69) is 10.3 Å². The quantitative estimate of drug-likeness (QED) is 0.771. The van der Waals surface area contributed by atoms with Crippen LogP contribution in [0.15, 0.2) is 29.6 Å². The Balaban J connectivity index is 1.98. The predicted molar refractivity (Wildman–Crippen MR) is 67.0 cm³/mol. The molecule has 0 bridgehead atoms. The van der Waals surface area contributed by atoms with Crippen molar-refractivity contribution in [3.63, 3.8) is 0 Å². The molecule has 0 atom stereocenters. The first-order valence-corrected chi connectivity index (χ1v) is 5.80. The Morgan fingerprint density at radius 2 is 2.35 bits per heavy atom. The Hall–Kier alpha value is -2.08. The number of nitrogens with two attached hydrogens (primary N) is 1. The normalized spacial score (nSPS) is 10.1. The molecule has 1 heterocycles. The number of aromatic nitrogens is 1. The molecule has 1 aromatic heterocycles. The molecule has 0 aliphatic heterocycles. The van der Waals surface area contributed by atoms with Gasteiger partial charge in [-0.1, -0.05) is 6.07 Å². The summed E-state index contributed by atoms with van der Waals surface area (Å²) < 4.78 is 0. The number of benzene rings is 1. The molecule has 0 unspecified atom stereocenters. The number of nitrogen functional groups attached to an aromatic ring is 1. The molecule has 5 nitrogen and oxygen atoms in total. The third-order valence-corrected chi connectivity index (χ3v) is 2.76. The van der Waals surface area contributed by atoms with Crippen molar-refractivity contribution >= 4 is 28.1 Å². The van der Waals surface area contributed by atoms with Crippen LogP contribution in [0.5, 0.6) is 5.75 Å². The fourth-order valence-electron chi connectivity index (χ4n) is 1.36. The molecular weight excluding hydrogens is 238 g/mol. The molecule has 0 radical (unpaired) electrons. The smallest absolute Gasteiger partial charge is 0.230 e. The van der Waals surface area contributed by atoms with Crippen LogP contribution < -0.4 is 11.1 Å². The average Bonchev–Trinajstić information content (AvgIpc) is 2.63. The molecule has 0 fully saturated rings. The summed E-state index contributed by atoms with van der Waals surface area (Å²) in [5.41, 5.74) is 6.67. The molecule has 2 aromatic rings. The largest absolute Gasteiger partial charge is 0.508 e. The lowest BCUT2D eigenvalue weighted by molar-refractivity contribution is -0.115. The van der Waals surface area contributed by atoms with Gasteiger partial charge in [0, 0.05) is 17.1 Å². The van der Waals surface area contributed by atoms with Crippen molar-refractivity contribution < 1.29 is 9.90 Å². The van der Waals surface area contributed by atoms with E-state index in [9.17, 15) is 9.90 Å². The molecule has 6 heteroatoms. The molecule has 0 aliphatic rings. The number of thiazole rings is 1. The van der Waals surface area contributed by atoms with Gasteiger partial charge in [0.1, 0.15) is 5.75 Å². The van der Waals surface area contributed by atoms with Crippen molar-refractivity contribution in [1.29, 1.82) is 0 Å². The monoisotopic (exact) mass is 249 g/mol. The van der Waals surface area contributed by atoms with Crippen LogP contribution in [-0.2, 0) is 11.2 Å². The van der Waals surface area contributed by atoms with E-state index in [1.807, 2.05) is 0 Å². The fraction of sp³-hybridized carbons (Fsp3) is 0.0909. The molecular formula is C11H11N3O2S. The van der Waals surface area contributed by atoms with Crippen LogP contribution >= 0.6 is 11.3 Å². The van der Waals surface area contributed by atoms with Crippen LogP contribution in [0.3, 0.4) is 0 Å². The van der Waals surface area contributed by atoms with Gasteiger partial charge in [-0.3, -0.25) is 4.79 Å². The average molecular weight is 249 g/mol. The minimum absolute atomic E-state index is 0.112. The van der Waals surface area contributed by atoms with Gasteiger partial charge in [-0.15, -0.1) is 11.3 Å². The minimum atomic E-state index is -0.194. The maximum atomic E-state index is 11.6. The molecule has 1 amide bonds. The second-order valence-electron chi connectivity index (χ2n) is 3.45. The molecule has 88 valence electrons. The number of carbonyl (C=O) groups is 1. The summed E-state index contributed by atoms with van der Waals surface area (Å²) in [6, 6.07) is 6.38. The first-order chi connectivity index (χ1) is 8.13. The Morgan fingerprint density at radius 1 is 1.53 bits per heavy atom. The van der Waals surface area contributed by atoms with Gasteiger partial charge >= 0.3 is 0 Å². The van der Waals surface area contributed by atoms with Crippen LogP contribution in [0.25, 0.3) is 0 Å². The maximum Gasteiger partial charge on any atom is 0.230 e. The summed E-state index contributed by atoms with van der Waals surface area (Å²) in [4.78, 5) is 15.6. The van der Waals surface area contributed by atoms with E-state index in [0.29, 0.717) is 16.5 Å². The Labute approximate surface area is 102 Å². The van der Waals surface area contributed by atoms with Crippen LogP contribution in [0.4, 0.5) is 10.8 Å². The maximum absolute atomic E-state index is 11.6. The summed E-state index contributed by atoms with van der Waals surface area (Å²) in [6.07, 6.45) is 0.170. The highest BCUT2D eigenvalue weighted by Gasteiger charge is 2.07. The Bertz CT molecular complexity index is 539. The highest BCUT2D eigenvalue weighted by Crippen LogP contribution is 2.16. The van der Waals surface area contributed by atoms with Gasteiger partial charge < -0.3 is 16.2 Å². The van der Waals surface area contributed by atoms with Crippen molar-refractivity contribution in [3.05, 3.63) is 35.3 Å². The van der Waals surface area contributed by atoms with E-state index in [0.717, 1.165) is 0 Å². The Kier molecular flexibility index (Phi) is 3.24. The standard InChI is InChI=1S/C11H11N3O2S/c12-11-14-8(6-17-11)5-10(16)13-7-2-1-3-9(15)4-7/h1-4,6,15H,5H2,(H2,12,14)(H,13,16). The molecule has 0 saturated heterocycles. The van der Waals surface area contributed by atoms with Crippen molar-refractivity contribution in [2.24, 2.45) is 0 Å². The van der Waals surface area contributed by atoms with Crippen LogP contribution in [0.2, 0.25) is 0 Å². The van der Waals surface area contributed by atoms with Gasteiger partial charge in [-0.25, -0.2) is 4.98 Å². The minimum Gasteiger partial charge on any atom is -0.508 e. The first-order valence-electron chi connectivity index (χ1n) is 4.92.